The second kappa shape index (κ2) is 24.2. The van der Waals surface area contributed by atoms with E-state index in [1.165, 1.54) is 0 Å². The predicted octanol–water partition coefficient (Wildman–Crippen LogP) is -4.68. The summed E-state index contributed by atoms with van der Waals surface area (Å²) in [5, 5.41) is 58.5. The zero-order chi connectivity index (χ0) is 17.8. The average Bonchev–Trinajstić information content (AvgIpc) is 2.68. The zero-order valence-corrected chi connectivity index (χ0v) is 10.3. The number of hydrogen-bond acceptors (Lipinski definition) is 10. The number of rotatable bonds is 0. The lowest BCUT2D eigenvalue weighted by Crippen LogP contribution is -2.04. The smallest absolute Gasteiger partial charge is 0.398 e. The van der Waals surface area contributed by atoms with Gasteiger partial charge in [-0.05, 0) is 0 Å². The highest BCUT2D eigenvalue weighted by molar-refractivity contribution is 6.32. The molecular formula is C3H14B4F4N2O8. The third-order valence-electron chi connectivity index (χ3n) is 0.568. The van der Waals surface area contributed by atoms with E-state index in [0.29, 0.717) is 0 Å². The van der Waals surface area contributed by atoms with Crippen LogP contribution in [0.2, 0.25) is 0 Å². The van der Waals surface area contributed by atoms with Crippen molar-refractivity contribution < 1.29 is 57.5 Å². The Morgan fingerprint density at radius 2 is 0.952 bits per heavy atom. The van der Waals surface area contributed by atoms with Crippen LogP contribution >= 0.6 is 0 Å². The first kappa shape index (κ1) is 28.3. The first-order valence-electron chi connectivity index (χ1n) is 4.66. The van der Waals surface area contributed by atoms with Crippen LogP contribution in [0, 0.1) is 0 Å². The molecule has 0 amide bonds. The minimum absolute atomic E-state index is 0.958. The topological polar surface area (TPSA) is 186 Å². The first-order chi connectivity index (χ1) is 9.43. The molecular weight excluding hydrogens is 311 g/mol. The summed E-state index contributed by atoms with van der Waals surface area (Å²) >= 11 is 0. The van der Waals surface area contributed by atoms with Crippen molar-refractivity contribution >= 4 is 35.9 Å². The minimum Gasteiger partial charge on any atom is -0.398 e. The van der Waals surface area contributed by atoms with Crippen molar-refractivity contribution in [2.45, 2.75) is 0 Å². The molecule has 0 aromatic rings. The van der Waals surface area contributed by atoms with Gasteiger partial charge < -0.3 is 45.5 Å². The van der Waals surface area contributed by atoms with Gasteiger partial charge >= 0.3 is 29.6 Å². The number of nitrogens with one attached hydrogen (secondary N) is 1. The maximum absolute atomic E-state index is 10.1. The molecule has 0 spiro atoms. The van der Waals surface area contributed by atoms with Crippen molar-refractivity contribution in [1.29, 1.82) is 0 Å². The molecule has 0 aliphatic carbocycles. The number of aliphatic imine (C=N–C) groups is 1. The summed E-state index contributed by atoms with van der Waals surface area (Å²) in [5.74, 6) is 0. The maximum Gasteiger partial charge on any atom is 0.674 e. The van der Waals surface area contributed by atoms with Crippen LogP contribution in [-0.4, -0.2) is 89.2 Å². The normalized spacial score (nSPS) is 9.71. The van der Waals surface area contributed by atoms with Gasteiger partial charge in [0.25, 0.3) is 0 Å². The minimum atomic E-state index is -2.67. The van der Waals surface area contributed by atoms with Crippen LogP contribution in [-0.2, 0) is 0 Å². The van der Waals surface area contributed by atoms with Gasteiger partial charge in [-0.25, -0.2) is 0 Å². The van der Waals surface area contributed by atoms with Crippen LogP contribution < -0.4 is 5.32 Å². The monoisotopic (exact) mass is 326 g/mol. The van der Waals surface area contributed by atoms with Gasteiger partial charge in [0.2, 0.25) is 0 Å². The van der Waals surface area contributed by atoms with Crippen molar-refractivity contribution in [1.82, 2.24) is 5.32 Å². The molecule has 0 fully saturated rings. The lowest BCUT2D eigenvalue weighted by atomic mass is 10.3. The van der Waals surface area contributed by atoms with E-state index >= 15 is 0 Å². The van der Waals surface area contributed by atoms with Gasteiger partial charge in [0.05, 0.1) is 12.9 Å². The second-order valence-electron chi connectivity index (χ2n) is 2.23. The number of halogens is 4. The highest BCUT2D eigenvalue weighted by Gasteiger charge is 1.98. The maximum atomic E-state index is 10.1. The SMILES string of the molecule is C1=NCCN1.OB(O)F.OB(O)F.OB(O)F.OB(O)F. The summed E-state index contributed by atoms with van der Waals surface area (Å²) in [6, 6.07) is 0. The molecule has 0 saturated carbocycles. The third kappa shape index (κ3) is 329. The quantitative estimate of drug-likeness (QED) is 0.156. The lowest BCUT2D eigenvalue weighted by molar-refractivity contribution is 0.338. The Kier molecular flexibility index (Phi) is 32.6. The Morgan fingerprint density at radius 3 is 1.00 bits per heavy atom. The van der Waals surface area contributed by atoms with Crippen LogP contribution in [0.15, 0.2) is 4.99 Å². The van der Waals surface area contributed by atoms with Crippen LogP contribution in [0.5, 0.6) is 0 Å². The molecule has 0 aromatic heterocycles. The van der Waals surface area contributed by atoms with E-state index in [2.05, 4.69) is 10.3 Å². The van der Waals surface area contributed by atoms with E-state index in [1.54, 1.807) is 6.34 Å². The fourth-order valence-electron chi connectivity index (χ4n) is 0.323. The molecule has 0 atom stereocenters. The number of hydrogen-bond donors (Lipinski definition) is 9. The molecule has 0 aromatic carbocycles. The van der Waals surface area contributed by atoms with E-state index in [1.807, 2.05) is 0 Å². The molecule has 0 unspecified atom stereocenters. The van der Waals surface area contributed by atoms with Gasteiger partial charge in [0.15, 0.2) is 0 Å². The van der Waals surface area contributed by atoms with Crippen LogP contribution in [0.3, 0.4) is 0 Å². The zero-order valence-electron chi connectivity index (χ0n) is 10.3. The molecule has 9 N–H and O–H groups in total. The largest absolute Gasteiger partial charge is 0.674 e. The highest BCUT2D eigenvalue weighted by atomic mass is 19.1. The van der Waals surface area contributed by atoms with Gasteiger partial charge in [-0.3, -0.25) is 22.3 Å². The average molecular weight is 325 g/mol. The Bertz CT molecular complexity index is 165. The molecule has 0 radical (unpaired) electrons. The third-order valence-corrected chi connectivity index (χ3v) is 0.568. The van der Waals surface area contributed by atoms with E-state index < -0.39 is 29.6 Å². The summed E-state index contributed by atoms with van der Waals surface area (Å²) in [6.07, 6.45) is 1.74. The van der Waals surface area contributed by atoms with Crippen molar-refractivity contribution in [2.24, 2.45) is 4.99 Å². The molecule has 21 heavy (non-hydrogen) atoms. The Labute approximate surface area is 118 Å². The Morgan fingerprint density at radius 1 is 0.714 bits per heavy atom. The molecule has 1 aliphatic rings. The summed E-state index contributed by atoms with van der Waals surface area (Å²) in [6.45, 7) is 1.99. The molecule has 1 aliphatic heterocycles. The van der Waals surface area contributed by atoms with Gasteiger partial charge in [-0.2, -0.15) is 0 Å². The van der Waals surface area contributed by atoms with Crippen molar-refractivity contribution in [3.8, 4) is 0 Å². The van der Waals surface area contributed by atoms with Crippen LogP contribution in [0.25, 0.3) is 0 Å². The number of nitrogens with zero attached hydrogens (tertiary/aromatic N) is 1. The lowest BCUT2D eigenvalue weighted by Gasteiger charge is -1.75. The van der Waals surface area contributed by atoms with E-state index in [4.69, 9.17) is 40.2 Å². The molecule has 124 valence electrons. The second-order valence-corrected chi connectivity index (χ2v) is 2.23. The van der Waals surface area contributed by atoms with E-state index in [0.717, 1.165) is 13.1 Å². The predicted molar refractivity (Wildman–Crippen MR) is 66.6 cm³/mol. The van der Waals surface area contributed by atoms with Gasteiger partial charge in [0.1, 0.15) is 0 Å². The molecule has 1 rings (SSSR count). The van der Waals surface area contributed by atoms with Gasteiger partial charge in [0, 0.05) is 6.54 Å². The van der Waals surface area contributed by atoms with Crippen molar-refractivity contribution in [3.05, 3.63) is 0 Å². The summed E-state index contributed by atoms with van der Waals surface area (Å²) in [7, 11) is -10.7. The molecule has 0 bridgehead atoms. The first-order valence-corrected chi connectivity index (χ1v) is 4.66. The fraction of sp³-hybridized carbons (Fsp3) is 0.667. The van der Waals surface area contributed by atoms with Gasteiger partial charge in [-0.15, -0.1) is 0 Å². The van der Waals surface area contributed by atoms with E-state index in [9.17, 15) is 17.3 Å². The molecule has 0 saturated heterocycles. The highest BCUT2D eigenvalue weighted by Crippen LogP contribution is 1.68. The van der Waals surface area contributed by atoms with Crippen molar-refractivity contribution in [2.75, 3.05) is 13.1 Å². The van der Waals surface area contributed by atoms with Crippen LogP contribution in [0.4, 0.5) is 17.3 Å². The van der Waals surface area contributed by atoms with E-state index in [-0.39, 0.29) is 0 Å². The summed E-state index contributed by atoms with van der Waals surface area (Å²) in [4.78, 5) is 3.85. The summed E-state index contributed by atoms with van der Waals surface area (Å²) < 4.78 is 40.4. The molecule has 10 nitrogen and oxygen atoms in total. The Hall–Kier alpha value is -0.870. The molecule has 1 heterocycles. The summed E-state index contributed by atoms with van der Waals surface area (Å²) in [5.41, 5.74) is 0. The van der Waals surface area contributed by atoms with Gasteiger partial charge in [-0.1, -0.05) is 0 Å². The van der Waals surface area contributed by atoms with Crippen molar-refractivity contribution in [3.63, 3.8) is 0 Å². The molecule has 18 heteroatoms. The standard InChI is InChI=1S/C3H6N2.4BFH2O2/c1-2-5-3-4-1;4*2-1(3)4/h3H,1-2H2,(H,4,5);4*3-4H. The Balaban J connectivity index is -0.0000000866. The van der Waals surface area contributed by atoms with Crippen LogP contribution in [0.1, 0.15) is 0 Å². The fourth-order valence-corrected chi connectivity index (χ4v) is 0.323.